The van der Waals surface area contributed by atoms with Crippen LogP contribution in [0.15, 0.2) is 43.0 Å². The number of anilines is 1. The van der Waals surface area contributed by atoms with E-state index >= 15 is 0 Å². The van der Waals surface area contributed by atoms with E-state index < -0.39 is 43.2 Å². The quantitative estimate of drug-likeness (QED) is 0.184. The molecule has 0 spiro atoms. The normalized spacial score (nSPS) is 27.9. The number of phenolic OH excluding ortho intramolecular Hbond substituents is 1. The van der Waals surface area contributed by atoms with Crippen molar-refractivity contribution in [2.45, 2.75) is 30.6 Å². The summed E-state index contributed by atoms with van der Waals surface area (Å²) in [5.74, 6) is -1.20. The Morgan fingerprint density at radius 2 is 2.07 bits per heavy atom. The van der Waals surface area contributed by atoms with E-state index in [9.17, 15) is 25.2 Å². The van der Waals surface area contributed by atoms with Gasteiger partial charge in [-0.3, -0.25) is 0 Å². The van der Waals surface area contributed by atoms with Gasteiger partial charge >= 0.3 is 5.97 Å². The van der Waals surface area contributed by atoms with E-state index in [1.54, 1.807) is 12.3 Å². The minimum Gasteiger partial charge on any atom is -0.507 e. The molecule has 0 amide bonds. The van der Waals surface area contributed by atoms with Gasteiger partial charge in [0.25, 0.3) is 6.33 Å². The van der Waals surface area contributed by atoms with Crippen molar-refractivity contribution >= 4 is 11.7 Å². The molecule has 0 radical (unpaired) electrons. The molecule has 10 heteroatoms. The monoisotopic (exact) mass is 378 g/mol. The molecular formula is C17H20N3O7+. The summed E-state index contributed by atoms with van der Waals surface area (Å²) in [4.78, 5) is 16.0. The number of nitrogens with zero attached hydrogens (tertiary/aromatic N) is 2. The average molecular weight is 378 g/mol. The number of carbonyl (C=O) groups is 1. The lowest BCUT2D eigenvalue weighted by molar-refractivity contribution is -0.753. The SMILES string of the molecule is Nc1ccc(O)c(C(=O)OCC2O[C@@H](O)C([n+]3cccnc3)[C@@H](O)[C@H]2O)c1. The number of carbonyl (C=O) groups excluding carboxylic acids is 1. The number of nitrogen functional groups attached to an aromatic ring is 1. The lowest BCUT2D eigenvalue weighted by Crippen LogP contribution is -2.63. The molecule has 5 atom stereocenters. The first-order chi connectivity index (χ1) is 12.9. The second-order valence-electron chi connectivity index (χ2n) is 6.11. The van der Waals surface area contributed by atoms with Gasteiger partial charge in [0, 0.05) is 11.8 Å². The first-order valence-electron chi connectivity index (χ1n) is 8.14. The molecule has 0 bridgehead atoms. The number of hydrogen-bond donors (Lipinski definition) is 5. The Bertz CT molecular complexity index is 804. The third-order valence-electron chi connectivity index (χ3n) is 4.28. The summed E-state index contributed by atoms with van der Waals surface area (Å²) in [6.07, 6.45) is -1.03. The number of nitrogens with two attached hydrogens (primary N) is 1. The Kier molecular flexibility index (Phi) is 5.51. The zero-order valence-corrected chi connectivity index (χ0v) is 14.1. The van der Waals surface area contributed by atoms with Crippen molar-refractivity contribution in [3.8, 4) is 5.75 Å². The predicted octanol–water partition coefficient (Wildman–Crippen LogP) is -1.51. The lowest BCUT2D eigenvalue weighted by Gasteiger charge is -2.38. The van der Waals surface area contributed by atoms with Gasteiger partial charge in [0.15, 0.2) is 12.3 Å². The van der Waals surface area contributed by atoms with Gasteiger partial charge in [-0.05, 0) is 18.2 Å². The van der Waals surface area contributed by atoms with Gasteiger partial charge in [-0.15, -0.1) is 0 Å². The van der Waals surface area contributed by atoms with E-state index in [1.807, 2.05) is 0 Å². The molecule has 2 aromatic rings. The summed E-state index contributed by atoms with van der Waals surface area (Å²) in [5, 5.41) is 40.6. The molecular weight excluding hydrogens is 358 g/mol. The highest BCUT2D eigenvalue weighted by molar-refractivity contribution is 5.93. The molecule has 0 aliphatic carbocycles. The molecule has 6 N–H and O–H groups in total. The highest BCUT2D eigenvalue weighted by Gasteiger charge is 2.47. The molecule has 1 aliphatic rings. The number of benzene rings is 1. The van der Waals surface area contributed by atoms with Crippen LogP contribution < -0.4 is 10.3 Å². The van der Waals surface area contributed by atoms with Crippen molar-refractivity contribution in [2.24, 2.45) is 0 Å². The number of aromatic nitrogens is 2. The minimum atomic E-state index is -1.47. The molecule has 27 heavy (non-hydrogen) atoms. The van der Waals surface area contributed by atoms with Crippen LogP contribution in [0.2, 0.25) is 0 Å². The molecule has 1 aromatic carbocycles. The molecule has 1 aromatic heterocycles. The van der Waals surface area contributed by atoms with Crippen molar-refractivity contribution in [1.82, 2.24) is 4.98 Å². The smallest absolute Gasteiger partial charge is 0.342 e. The van der Waals surface area contributed by atoms with E-state index in [2.05, 4.69) is 4.98 Å². The maximum absolute atomic E-state index is 12.1. The Morgan fingerprint density at radius 1 is 1.30 bits per heavy atom. The van der Waals surface area contributed by atoms with Gasteiger partial charge in [-0.1, -0.05) is 4.98 Å². The summed E-state index contributed by atoms with van der Waals surface area (Å²) in [7, 11) is 0. The summed E-state index contributed by atoms with van der Waals surface area (Å²) in [6.45, 7) is -0.452. The van der Waals surface area contributed by atoms with Crippen LogP contribution >= 0.6 is 0 Å². The first kappa shape index (κ1) is 19.0. The van der Waals surface area contributed by atoms with E-state index in [0.717, 1.165) is 0 Å². The highest BCUT2D eigenvalue weighted by atomic mass is 16.6. The van der Waals surface area contributed by atoms with E-state index in [4.69, 9.17) is 15.2 Å². The largest absolute Gasteiger partial charge is 0.507 e. The van der Waals surface area contributed by atoms with Gasteiger partial charge in [0.2, 0.25) is 0 Å². The lowest BCUT2D eigenvalue weighted by atomic mass is 9.97. The topological polar surface area (TPSA) is 159 Å². The van der Waals surface area contributed by atoms with Crippen molar-refractivity contribution in [3.05, 3.63) is 48.5 Å². The van der Waals surface area contributed by atoms with Gasteiger partial charge in [-0.25, -0.2) is 9.36 Å². The number of phenols is 1. The van der Waals surface area contributed by atoms with E-state index in [0.29, 0.717) is 0 Å². The maximum atomic E-state index is 12.1. The highest BCUT2D eigenvalue weighted by Crippen LogP contribution is 2.26. The van der Waals surface area contributed by atoms with Crippen LogP contribution in [0.5, 0.6) is 5.75 Å². The van der Waals surface area contributed by atoms with Gasteiger partial charge < -0.3 is 35.6 Å². The van der Waals surface area contributed by atoms with Gasteiger partial charge in [0.1, 0.15) is 42.4 Å². The Morgan fingerprint density at radius 3 is 2.78 bits per heavy atom. The maximum Gasteiger partial charge on any atom is 0.342 e. The van der Waals surface area contributed by atoms with Crippen molar-refractivity contribution in [3.63, 3.8) is 0 Å². The number of hydrogen-bond acceptors (Lipinski definition) is 9. The van der Waals surface area contributed by atoms with Crippen LogP contribution in [-0.2, 0) is 9.47 Å². The van der Waals surface area contributed by atoms with E-state index in [1.165, 1.54) is 35.3 Å². The van der Waals surface area contributed by atoms with Crippen molar-refractivity contribution in [2.75, 3.05) is 12.3 Å². The summed E-state index contributed by atoms with van der Waals surface area (Å²) in [6, 6.07) is 4.52. The predicted molar refractivity (Wildman–Crippen MR) is 89.2 cm³/mol. The number of ether oxygens (including phenoxy) is 2. The fourth-order valence-electron chi connectivity index (χ4n) is 2.86. The molecule has 144 valence electrons. The molecule has 2 unspecified atom stereocenters. The van der Waals surface area contributed by atoms with E-state index in [-0.39, 0.29) is 17.0 Å². The standard InChI is InChI=1S/C17H19N3O7/c18-9-2-3-11(21)10(6-9)16(24)26-7-12-14(22)15(23)13(17(25)27-12)20-5-1-4-19-8-20/h1-6,8,12-15,17,22-23,25H,7,18H2/p+1/t12?,13?,14-,15+,17+/m0/s1. The summed E-state index contributed by atoms with van der Waals surface area (Å²) in [5.41, 5.74) is 5.69. The van der Waals surface area contributed by atoms with Gasteiger partial charge in [-0.2, -0.15) is 0 Å². The second-order valence-corrected chi connectivity index (χ2v) is 6.11. The molecule has 1 aliphatic heterocycles. The molecule has 2 heterocycles. The molecule has 3 rings (SSSR count). The van der Waals surface area contributed by atoms with Crippen LogP contribution in [0.25, 0.3) is 0 Å². The number of aliphatic hydroxyl groups excluding tert-OH is 3. The Hall–Kier alpha value is -2.79. The fourth-order valence-corrected chi connectivity index (χ4v) is 2.86. The number of aliphatic hydroxyl groups is 3. The molecule has 0 saturated carbocycles. The zero-order valence-electron chi connectivity index (χ0n) is 14.1. The molecule has 10 nitrogen and oxygen atoms in total. The average Bonchev–Trinajstić information content (AvgIpc) is 2.66. The zero-order chi connectivity index (χ0) is 19.6. The second kappa shape index (κ2) is 7.84. The summed E-state index contributed by atoms with van der Waals surface area (Å²) < 4.78 is 11.7. The van der Waals surface area contributed by atoms with Crippen LogP contribution in [0.4, 0.5) is 5.69 Å². The summed E-state index contributed by atoms with van der Waals surface area (Å²) >= 11 is 0. The minimum absolute atomic E-state index is 0.148. The van der Waals surface area contributed by atoms with Crippen LogP contribution in [0, 0.1) is 0 Å². The third kappa shape index (κ3) is 3.98. The first-order valence-corrected chi connectivity index (χ1v) is 8.14. The number of aromatic hydroxyl groups is 1. The Labute approximate surface area is 154 Å². The van der Waals surface area contributed by atoms with Crippen molar-refractivity contribution in [1.29, 1.82) is 0 Å². The molecule has 1 fully saturated rings. The number of esters is 1. The van der Waals surface area contributed by atoms with Crippen LogP contribution in [-0.4, -0.2) is 62.6 Å². The van der Waals surface area contributed by atoms with Crippen molar-refractivity contribution < 1.29 is 39.3 Å². The molecule has 1 saturated heterocycles. The number of rotatable bonds is 4. The third-order valence-corrected chi connectivity index (χ3v) is 4.28. The van der Waals surface area contributed by atoms with Crippen LogP contribution in [0.3, 0.4) is 0 Å². The van der Waals surface area contributed by atoms with Crippen LogP contribution in [0.1, 0.15) is 16.4 Å². The van der Waals surface area contributed by atoms with Gasteiger partial charge in [0.05, 0.1) is 6.20 Å². The fraction of sp³-hybridized carbons (Fsp3) is 0.353. The Balaban J connectivity index is 1.67.